The van der Waals surface area contributed by atoms with Gasteiger partial charge in [0.15, 0.2) is 0 Å². The molecule has 3 nitrogen and oxygen atoms in total. The van der Waals surface area contributed by atoms with Crippen LogP contribution in [0.5, 0.6) is 5.75 Å². The Kier molecular flexibility index (Phi) is 1.96. The van der Waals surface area contributed by atoms with Gasteiger partial charge in [-0.15, -0.1) is 0 Å². The Hall–Kier alpha value is -1.09. The Balaban J connectivity index is 1.87. The monoisotopic (exact) mass is 178 g/mol. The van der Waals surface area contributed by atoms with Crippen LogP contribution in [0.25, 0.3) is 0 Å². The highest BCUT2D eigenvalue weighted by Gasteiger charge is 2.48. The lowest BCUT2D eigenvalue weighted by molar-refractivity contribution is 0.270. The molecular formula is C10H14N2O. The molecule has 0 bridgehead atoms. The summed E-state index contributed by atoms with van der Waals surface area (Å²) in [6.07, 6.45) is 4.49. The number of pyridine rings is 1. The van der Waals surface area contributed by atoms with Crippen molar-refractivity contribution < 1.29 is 4.74 Å². The van der Waals surface area contributed by atoms with Crippen molar-refractivity contribution in [2.24, 2.45) is 11.7 Å². The van der Waals surface area contributed by atoms with Crippen LogP contribution in [0.3, 0.4) is 0 Å². The molecule has 70 valence electrons. The minimum Gasteiger partial charge on any atom is -0.490 e. The fourth-order valence-electron chi connectivity index (χ4n) is 1.36. The average Bonchev–Trinajstić information content (AvgIpc) is 2.74. The quantitative estimate of drug-likeness (QED) is 0.756. The maximum Gasteiger partial charge on any atom is 0.137 e. The van der Waals surface area contributed by atoms with Crippen LogP contribution < -0.4 is 10.5 Å². The molecule has 0 amide bonds. The predicted octanol–water partition coefficient (Wildman–Crippen LogP) is 1.20. The van der Waals surface area contributed by atoms with E-state index in [2.05, 4.69) is 11.9 Å². The van der Waals surface area contributed by atoms with Crippen LogP contribution in [0.2, 0.25) is 0 Å². The van der Waals surface area contributed by atoms with Crippen LogP contribution in [0, 0.1) is 5.92 Å². The van der Waals surface area contributed by atoms with Gasteiger partial charge in [0.2, 0.25) is 0 Å². The molecule has 0 radical (unpaired) electrons. The van der Waals surface area contributed by atoms with E-state index in [0.29, 0.717) is 12.5 Å². The Morgan fingerprint density at radius 3 is 3.08 bits per heavy atom. The largest absolute Gasteiger partial charge is 0.490 e. The van der Waals surface area contributed by atoms with E-state index in [1.165, 1.54) is 0 Å². The van der Waals surface area contributed by atoms with Gasteiger partial charge in [-0.05, 0) is 24.5 Å². The maximum atomic E-state index is 5.99. The van der Waals surface area contributed by atoms with Gasteiger partial charge in [0.1, 0.15) is 12.4 Å². The normalized spacial score (nSPS) is 31.4. The van der Waals surface area contributed by atoms with Gasteiger partial charge in [0, 0.05) is 6.20 Å². The third kappa shape index (κ3) is 1.80. The van der Waals surface area contributed by atoms with Gasteiger partial charge in [0.25, 0.3) is 0 Å². The molecule has 1 aliphatic carbocycles. The second-order valence-corrected chi connectivity index (χ2v) is 3.82. The van der Waals surface area contributed by atoms with Crippen LogP contribution >= 0.6 is 0 Å². The number of nitrogens with two attached hydrogens (primary N) is 1. The van der Waals surface area contributed by atoms with Crippen LogP contribution in [-0.4, -0.2) is 17.1 Å². The molecule has 1 aromatic heterocycles. The van der Waals surface area contributed by atoms with Crippen LogP contribution in [0.15, 0.2) is 24.5 Å². The van der Waals surface area contributed by atoms with Gasteiger partial charge < -0.3 is 10.5 Å². The number of ether oxygens (including phenoxy) is 1. The van der Waals surface area contributed by atoms with Crippen LogP contribution in [-0.2, 0) is 0 Å². The highest BCUT2D eigenvalue weighted by Crippen LogP contribution is 2.40. The molecule has 0 unspecified atom stereocenters. The van der Waals surface area contributed by atoms with Crippen molar-refractivity contribution in [1.82, 2.24) is 4.98 Å². The Labute approximate surface area is 77.9 Å². The summed E-state index contributed by atoms with van der Waals surface area (Å²) >= 11 is 0. The van der Waals surface area contributed by atoms with Crippen molar-refractivity contribution in [3.63, 3.8) is 0 Å². The summed E-state index contributed by atoms with van der Waals surface area (Å²) in [6, 6.07) is 3.75. The van der Waals surface area contributed by atoms with Crippen molar-refractivity contribution in [2.45, 2.75) is 18.9 Å². The summed E-state index contributed by atoms with van der Waals surface area (Å²) in [5, 5.41) is 0. The average molecular weight is 178 g/mol. The topological polar surface area (TPSA) is 48.1 Å². The molecule has 1 aliphatic rings. The van der Waals surface area contributed by atoms with E-state index in [-0.39, 0.29) is 5.54 Å². The Morgan fingerprint density at radius 2 is 2.54 bits per heavy atom. The summed E-state index contributed by atoms with van der Waals surface area (Å²) in [4.78, 5) is 3.96. The lowest BCUT2D eigenvalue weighted by atomic mass is 10.2. The van der Waals surface area contributed by atoms with Crippen LogP contribution in [0.1, 0.15) is 13.3 Å². The van der Waals surface area contributed by atoms with E-state index in [1.807, 2.05) is 12.1 Å². The van der Waals surface area contributed by atoms with Gasteiger partial charge in [-0.1, -0.05) is 6.92 Å². The molecular weight excluding hydrogens is 164 g/mol. The first-order chi connectivity index (χ1) is 6.21. The van der Waals surface area contributed by atoms with E-state index >= 15 is 0 Å². The number of nitrogens with zero attached hydrogens (tertiary/aromatic N) is 1. The smallest absolute Gasteiger partial charge is 0.137 e. The molecule has 2 N–H and O–H groups in total. The third-order valence-corrected chi connectivity index (χ3v) is 2.65. The maximum absolute atomic E-state index is 5.99. The highest BCUT2D eigenvalue weighted by molar-refractivity contribution is 5.17. The number of aromatic nitrogens is 1. The summed E-state index contributed by atoms with van der Waals surface area (Å²) in [6.45, 7) is 2.74. The molecule has 1 fully saturated rings. The highest BCUT2D eigenvalue weighted by atomic mass is 16.5. The predicted molar refractivity (Wildman–Crippen MR) is 50.4 cm³/mol. The van der Waals surface area contributed by atoms with Crippen molar-refractivity contribution in [2.75, 3.05) is 6.61 Å². The Morgan fingerprint density at radius 1 is 1.77 bits per heavy atom. The lowest BCUT2D eigenvalue weighted by Crippen LogP contribution is -2.32. The molecule has 2 rings (SSSR count). The van der Waals surface area contributed by atoms with Crippen LogP contribution in [0.4, 0.5) is 0 Å². The zero-order chi connectivity index (χ0) is 9.31. The first-order valence-corrected chi connectivity index (χ1v) is 4.52. The molecule has 1 aromatic rings. The fourth-order valence-corrected chi connectivity index (χ4v) is 1.36. The van der Waals surface area contributed by atoms with Crippen molar-refractivity contribution in [3.8, 4) is 5.75 Å². The standard InChI is InChI=1S/C10H14N2O/c1-8-5-10(8,11)7-13-9-3-2-4-12-6-9/h2-4,6,8H,5,7,11H2,1H3/t8-,10-/m0/s1. The Bertz CT molecular complexity index is 288. The number of rotatable bonds is 3. The minimum atomic E-state index is -0.0875. The van der Waals surface area contributed by atoms with E-state index in [9.17, 15) is 0 Å². The zero-order valence-corrected chi connectivity index (χ0v) is 7.73. The SMILES string of the molecule is C[C@H]1C[C@]1(N)COc1cccnc1. The molecule has 3 heteroatoms. The molecule has 13 heavy (non-hydrogen) atoms. The third-order valence-electron chi connectivity index (χ3n) is 2.65. The van der Waals surface area contributed by atoms with E-state index in [4.69, 9.17) is 10.5 Å². The molecule has 0 spiro atoms. The number of hydrogen-bond acceptors (Lipinski definition) is 3. The lowest BCUT2D eigenvalue weighted by Gasteiger charge is -2.11. The van der Waals surface area contributed by atoms with Gasteiger partial charge in [-0.2, -0.15) is 0 Å². The molecule has 0 saturated heterocycles. The molecule has 1 heterocycles. The summed E-state index contributed by atoms with van der Waals surface area (Å²) in [5.74, 6) is 1.38. The second kappa shape index (κ2) is 3.00. The number of hydrogen-bond donors (Lipinski definition) is 1. The fraction of sp³-hybridized carbons (Fsp3) is 0.500. The first-order valence-electron chi connectivity index (χ1n) is 4.52. The molecule has 0 aliphatic heterocycles. The van der Waals surface area contributed by atoms with Crippen molar-refractivity contribution in [1.29, 1.82) is 0 Å². The van der Waals surface area contributed by atoms with Gasteiger partial charge in [-0.3, -0.25) is 4.98 Å². The van der Waals surface area contributed by atoms with Crippen molar-refractivity contribution >= 4 is 0 Å². The van der Waals surface area contributed by atoms with E-state index in [0.717, 1.165) is 12.2 Å². The van der Waals surface area contributed by atoms with Crippen molar-refractivity contribution in [3.05, 3.63) is 24.5 Å². The summed E-state index contributed by atoms with van der Waals surface area (Å²) < 4.78 is 5.52. The first kappa shape index (κ1) is 8.51. The molecule has 2 atom stereocenters. The second-order valence-electron chi connectivity index (χ2n) is 3.82. The van der Waals surface area contributed by atoms with E-state index in [1.54, 1.807) is 12.4 Å². The minimum absolute atomic E-state index is 0.0875. The summed E-state index contributed by atoms with van der Waals surface area (Å²) in [7, 11) is 0. The van der Waals surface area contributed by atoms with Gasteiger partial charge in [-0.25, -0.2) is 0 Å². The zero-order valence-electron chi connectivity index (χ0n) is 7.73. The molecule has 0 aromatic carbocycles. The molecule has 1 saturated carbocycles. The van der Waals surface area contributed by atoms with Gasteiger partial charge >= 0.3 is 0 Å². The van der Waals surface area contributed by atoms with Gasteiger partial charge in [0.05, 0.1) is 11.7 Å². The summed E-state index contributed by atoms with van der Waals surface area (Å²) in [5.41, 5.74) is 5.91. The van der Waals surface area contributed by atoms with E-state index < -0.39 is 0 Å².